The molecule has 4 nitrogen and oxygen atoms in total. The first-order valence-corrected chi connectivity index (χ1v) is 5.75. The van der Waals surface area contributed by atoms with Gasteiger partial charge in [0, 0.05) is 12.2 Å². The summed E-state index contributed by atoms with van der Waals surface area (Å²) in [5, 5.41) is 2.65. The maximum Gasteiger partial charge on any atom is 0.261 e. The van der Waals surface area contributed by atoms with Gasteiger partial charge in [-0.25, -0.2) is 0 Å². The quantitative estimate of drug-likeness (QED) is 0.781. The molecule has 1 heterocycles. The van der Waals surface area contributed by atoms with E-state index in [0.29, 0.717) is 6.54 Å². The van der Waals surface area contributed by atoms with Crippen LogP contribution in [-0.2, 0) is 12.8 Å². The van der Waals surface area contributed by atoms with Crippen molar-refractivity contribution in [2.45, 2.75) is 32.6 Å². The second-order valence-electron chi connectivity index (χ2n) is 4.08. The van der Waals surface area contributed by atoms with E-state index in [9.17, 15) is 9.59 Å². The average molecular weight is 220 g/mol. The van der Waals surface area contributed by atoms with Crippen LogP contribution in [0.5, 0.6) is 0 Å². The van der Waals surface area contributed by atoms with E-state index in [1.165, 1.54) is 0 Å². The van der Waals surface area contributed by atoms with Gasteiger partial charge in [0.1, 0.15) is 5.56 Å². The van der Waals surface area contributed by atoms with Crippen LogP contribution in [0, 0.1) is 0 Å². The van der Waals surface area contributed by atoms with Crippen molar-refractivity contribution in [2.24, 2.45) is 0 Å². The molecule has 0 fully saturated rings. The molecule has 0 atom stereocenters. The molecule has 1 aromatic rings. The van der Waals surface area contributed by atoms with Crippen LogP contribution in [0.25, 0.3) is 0 Å². The number of pyridine rings is 1. The fraction of sp³-hybridized carbons (Fsp3) is 0.500. The number of carbonyl (C=O) groups excluding carboxylic acids is 1. The van der Waals surface area contributed by atoms with Gasteiger partial charge in [0.15, 0.2) is 0 Å². The third-order valence-corrected chi connectivity index (χ3v) is 2.92. The van der Waals surface area contributed by atoms with Crippen molar-refractivity contribution in [1.82, 2.24) is 10.3 Å². The Kier molecular flexibility index (Phi) is 3.08. The van der Waals surface area contributed by atoms with Gasteiger partial charge in [-0.05, 0) is 44.2 Å². The Morgan fingerprint density at radius 2 is 2.19 bits per heavy atom. The zero-order chi connectivity index (χ0) is 11.5. The lowest BCUT2D eigenvalue weighted by atomic mass is 9.95. The summed E-state index contributed by atoms with van der Waals surface area (Å²) in [5.74, 6) is -0.280. The molecule has 0 saturated carbocycles. The largest absolute Gasteiger partial charge is 0.352 e. The SMILES string of the molecule is CCNC(=O)c1cc2c([nH]c1=O)CCCC2. The van der Waals surface area contributed by atoms with Gasteiger partial charge < -0.3 is 10.3 Å². The highest BCUT2D eigenvalue weighted by Gasteiger charge is 2.16. The number of aromatic nitrogens is 1. The highest BCUT2D eigenvalue weighted by molar-refractivity contribution is 5.93. The molecule has 0 saturated heterocycles. The maximum absolute atomic E-state index is 11.7. The second-order valence-corrected chi connectivity index (χ2v) is 4.08. The average Bonchev–Trinajstić information content (AvgIpc) is 2.28. The topological polar surface area (TPSA) is 62.0 Å². The lowest BCUT2D eigenvalue weighted by Crippen LogP contribution is -2.30. The minimum absolute atomic E-state index is 0.238. The van der Waals surface area contributed by atoms with Gasteiger partial charge in [0.25, 0.3) is 11.5 Å². The summed E-state index contributed by atoms with van der Waals surface area (Å²) in [7, 11) is 0. The Bertz CT molecular complexity index is 463. The highest BCUT2D eigenvalue weighted by Crippen LogP contribution is 2.18. The Morgan fingerprint density at radius 3 is 2.94 bits per heavy atom. The van der Waals surface area contributed by atoms with E-state index in [2.05, 4.69) is 10.3 Å². The second kappa shape index (κ2) is 4.51. The predicted molar refractivity (Wildman–Crippen MR) is 61.7 cm³/mol. The highest BCUT2D eigenvalue weighted by atomic mass is 16.2. The summed E-state index contributed by atoms with van der Waals surface area (Å²) in [6, 6.07) is 1.75. The Balaban J connectivity index is 2.39. The van der Waals surface area contributed by atoms with E-state index < -0.39 is 0 Å². The van der Waals surface area contributed by atoms with Crippen molar-refractivity contribution < 1.29 is 4.79 Å². The molecule has 1 amide bonds. The van der Waals surface area contributed by atoms with Gasteiger partial charge in [0.05, 0.1) is 0 Å². The molecular weight excluding hydrogens is 204 g/mol. The fourth-order valence-corrected chi connectivity index (χ4v) is 2.10. The van der Waals surface area contributed by atoms with E-state index in [0.717, 1.165) is 36.9 Å². The number of amides is 1. The number of nitrogens with one attached hydrogen (secondary N) is 2. The number of rotatable bonds is 2. The van der Waals surface area contributed by atoms with Gasteiger partial charge in [-0.15, -0.1) is 0 Å². The fourth-order valence-electron chi connectivity index (χ4n) is 2.10. The molecule has 0 radical (unpaired) electrons. The van der Waals surface area contributed by atoms with Crippen LogP contribution < -0.4 is 10.9 Å². The Morgan fingerprint density at radius 1 is 1.44 bits per heavy atom. The van der Waals surface area contributed by atoms with E-state index in [4.69, 9.17) is 0 Å². The first kappa shape index (κ1) is 10.9. The zero-order valence-electron chi connectivity index (χ0n) is 9.43. The summed E-state index contributed by atoms with van der Waals surface area (Å²) in [5.41, 5.74) is 2.09. The van der Waals surface area contributed by atoms with Crippen LogP contribution in [-0.4, -0.2) is 17.4 Å². The van der Waals surface area contributed by atoms with E-state index in [1.54, 1.807) is 6.07 Å². The maximum atomic E-state index is 11.7. The lowest BCUT2D eigenvalue weighted by Gasteiger charge is -2.15. The Labute approximate surface area is 94.1 Å². The van der Waals surface area contributed by atoms with Crippen LogP contribution in [0.4, 0.5) is 0 Å². The zero-order valence-corrected chi connectivity index (χ0v) is 9.43. The number of carbonyl (C=O) groups is 1. The van der Waals surface area contributed by atoms with Gasteiger partial charge >= 0.3 is 0 Å². The van der Waals surface area contributed by atoms with Crippen LogP contribution in [0.2, 0.25) is 0 Å². The lowest BCUT2D eigenvalue weighted by molar-refractivity contribution is 0.0954. The van der Waals surface area contributed by atoms with Gasteiger partial charge in [-0.3, -0.25) is 9.59 Å². The number of hydrogen-bond donors (Lipinski definition) is 2. The molecule has 1 aliphatic carbocycles. The first-order chi connectivity index (χ1) is 7.72. The molecule has 4 heteroatoms. The smallest absolute Gasteiger partial charge is 0.261 e. The number of aromatic amines is 1. The molecule has 1 aromatic heterocycles. The standard InChI is InChI=1S/C12H16N2O2/c1-2-13-11(15)9-7-8-5-3-4-6-10(8)14-12(9)16/h7H,2-6H2,1H3,(H,13,15)(H,14,16). The number of H-pyrrole nitrogens is 1. The molecule has 0 aromatic carbocycles. The van der Waals surface area contributed by atoms with Gasteiger partial charge in [0.2, 0.25) is 0 Å². The summed E-state index contributed by atoms with van der Waals surface area (Å²) >= 11 is 0. The number of aryl methyl sites for hydroxylation is 2. The van der Waals surface area contributed by atoms with E-state index in [-0.39, 0.29) is 17.0 Å². The Hall–Kier alpha value is -1.58. The summed E-state index contributed by atoms with van der Waals surface area (Å²) in [4.78, 5) is 26.1. The van der Waals surface area contributed by atoms with Crippen molar-refractivity contribution in [3.8, 4) is 0 Å². The van der Waals surface area contributed by atoms with Gasteiger partial charge in [-0.1, -0.05) is 0 Å². The van der Waals surface area contributed by atoms with E-state index in [1.807, 2.05) is 6.92 Å². The number of fused-ring (bicyclic) bond motifs is 1. The predicted octanol–water partition coefficient (Wildman–Crippen LogP) is 1.00. The van der Waals surface area contributed by atoms with Crippen LogP contribution in [0.1, 0.15) is 41.4 Å². The van der Waals surface area contributed by atoms with Crippen molar-refractivity contribution >= 4 is 5.91 Å². The monoisotopic (exact) mass is 220 g/mol. The van der Waals surface area contributed by atoms with E-state index >= 15 is 0 Å². The van der Waals surface area contributed by atoms with Crippen molar-refractivity contribution in [3.05, 3.63) is 33.2 Å². The molecule has 1 aliphatic rings. The van der Waals surface area contributed by atoms with Crippen molar-refractivity contribution in [1.29, 1.82) is 0 Å². The minimum atomic E-state index is -0.280. The normalized spacial score (nSPS) is 14.3. The summed E-state index contributed by atoms with van der Waals surface area (Å²) in [6.45, 7) is 2.37. The minimum Gasteiger partial charge on any atom is -0.352 e. The molecule has 86 valence electrons. The first-order valence-electron chi connectivity index (χ1n) is 5.75. The van der Waals surface area contributed by atoms with Crippen LogP contribution in [0.3, 0.4) is 0 Å². The molecule has 0 aliphatic heterocycles. The van der Waals surface area contributed by atoms with Gasteiger partial charge in [-0.2, -0.15) is 0 Å². The summed E-state index contributed by atoms with van der Waals surface area (Å²) < 4.78 is 0. The van der Waals surface area contributed by atoms with Crippen molar-refractivity contribution in [2.75, 3.05) is 6.54 Å². The van der Waals surface area contributed by atoms with Crippen LogP contribution in [0.15, 0.2) is 10.9 Å². The molecule has 0 unspecified atom stereocenters. The molecule has 16 heavy (non-hydrogen) atoms. The third-order valence-electron chi connectivity index (χ3n) is 2.92. The molecular formula is C12H16N2O2. The number of hydrogen-bond acceptors (Lipinski definition) is 2. The van der Waals surface area contributed by atoms with Crippen LogP contribution >= 0.6 is 0 Å². The molecule has 2 N–H and O–H groups in total. The molecule has 0 spiro atoms. The molecule has 0 bridgehead atoms. The molecule has 2 rings (SSSR count). The van der Waals surface area contributed by atoms with Crippen molar-refractivity contribution in [3.63, 3.8) is 0 Å². The summed E-state index contributed by atoms with van der Waals surface area (Å²) in [6.07, 6.45) is 4.12. The third kappa shape index (κ3) is 2.01.